The third kappa shape index (κ3) is 16.2. The van der Waals surface area contributed by atoms with Gasteiger partial charge < -0.3 is 0 Å². The van der Waals surface area contributed by atoms with E-state index in [1.54, 1.807) is 0 Å². The average molecular weight is 344 g/mol. The van der Waals surface area contributed by atoms with Gasteiger partial charge in [-0.15, -0.1) is 6.42 Å². The minimum atomic E-state index is 0. The summed E-state index contributed by atoms with van der Waals surface area (Å²) < 4.78 is 0. The molecule has 0 atom stereocenters. The molecule has 0 spiro atoms. The van der Waals surface area contributed by atoms with E-state index < -0.39 is 0 Å². The second kappa shape index (κ2) is 18.9. The predicted molar refractivity (Wildman–Crippen MR) is 97.4 cm³/mol. The SMILES string of the molecule is [C-]1=CC=CC1.[Ti+4].[c-]1ccccc1.[c-]1ccccc1.[c-]1ccccc1. The van der Waals surface area contributed by atoms with Gasteiger partial charge in [0.2, 0.25) is 0 Å². The third-order valence-electron chi connectivity index (χ3n) is 2.41. The molecule has 116 valence electrons. The largest absolute Gasteiger partial charge is 4.00 e. The smallest absolute Gasteiger partial charge is 0.273 e. The molecule has 24 heavy (non-hydrogen) atoms. The van der Waals surface area contributed by atoms with Crippen LogP contribution in [0.2, 0.25) is 0 Å². The molecule has 3 aromatic carbocycles. The van der Waals surface area contributed by atoms with Crippen LogP contribution < -0.4 is 0 Å². The normalized spacial score (nSPS) is 9.67. The van der Waals surface area contributed by atoms with Crippen molar-refractivity contribution in [3.8, 4) is 0 Å². The molecule has 0 amide bonds. The maximum atomic E-state index is 2.99. The van der Waals surface area contributed by atoms with Gasteiger partial charge >= 0.3 is 21.7 Å². The van der Waals surface area contributed by atoms with E-state index in [2.05, 4.69) is 30.4 Å². The number of hydrogen-bond acceptors (Lipinski definition) is 0. The van der Waals surface area contributed by atoms with E-state index in [1.165, 1.54) is 0 Å². The Morgan fingerprint density at radius 3 is 0.958 bits per heavy atom. The second-order valence-corrected chi connectivity index (χ2v) is 4.24. The van der Waals surface area contributed by atoms with Crippen molar-refractivity contribution in [3.63, 3.8) is 0 Å². The Bertz CT molecular complexity index is 436. The van der Waals surface area contributed by atoms with E-state index in [-0.39, 0.29) is 21.7 Å². The Hall–Kier alpha value is -2.15. The molecule has 1 aliphatic rings. The van der Waals surface area contributed by atoms with Crippen molar-refractivity contribution in [3.05, 3.63) is 133 Å². The summed E-state index contributed by atoms with van der Waals surface area (Å²) in [7, 11) is 0. The summed E-state index contributed by atoms with van der Waals surface area (Å²) in [6, 6.07) is 37.5. The van der Waals surface area contributed by atoms with Crippen LogP contribution in [0, 0.1) is 24.3 Å². The zero-order chi connectivity index (χ0) is 16.3. The van der Waals surface area contributed by atoms with Gasteiger partial charge in [-0.05, 0) is 0 Å². The predicted octanol–water partition coefficient (Wildman–Crippen LogP) is 5.76. The molecule has 1 aliphatic carbocycles. The molecule has 4 rings (SSSR count). The zero-order valence-electron chi connectivity index (χ0n) is 13.6. The van der Waals surface area contributed by atoms with Crippen LogP contribution in [0.4, 0.5) is 0 Å². The molecule has 0 heterocycles. The monoisotopic (exact) mass is 344 g/mol. The van der Waals surface area contributed by atoms with Crippen LogP contribution >= 0.6 is 0 Å². The Balaban J connectivity index is 0.000000291. The average Bonchev–Trinajstić information content (AvgIpc) is 3.27. The van der Waals surface area contributed by atoms with Gasteiger partial charge in [0, 0.05) is 0 Å². The first-order valence-corrected chi connectivity index (χ1v) is 7.45. The standard InChI is InChI=1S/3C6H5.C5H5.Ti/c3*1-2-4-6-5-3-1;1-2-4-5-3-1;/h3*1-5H;1-3H,4H2;/q4*-1;+4. The number of benzene rings is 3. The van der Waals surface area contributed by atoms with Crippen LogP contribution in [0.5, 0.6) is 0 Å². The van der Waals surface area contributed by atoms with Gasteiger partial charge in [0.05, 0.1) is 0 Å². The first-order chi connectivity index (χ1) is 11.5. The first-order valence-electron chi connectivity index (χ1n) is 7.45. The molecule has 0 unspecified atom stereocenters. The van der Waals surface area contributed by atoms with Gasteiger partial charge in [0.1, 0.15) is 0 Å². The number of allylic oxidation sites excluding steroid dienone is 4. The summed E-state index contributed by atoms with van der Waals surface area (Å²) in [4.78, 5) is 0. The third-order valence-corrected chi connectivity index (χ3v) is 2.41. The number of hydrogen-bond donors (Lipinski definition) is 0. The quantitative estimate of drug-likeness (QED) is 0.359. The maximum absolute atomic E-state index is 2.99. The summed E-state index contributed by atoms with van der Waals surface area (Å²) in [5, 5.41) is 0. The van der Waals surface area contributed by atoms with Crippen LogP contribution in [0.15, 0.2) is 109 Å². The Morgan fingerprint density at radius 1 is 0.500 bits per heavy atom. The van der Waals surface area contributed by atoms with Gasteiger partial charge in [-0.3, -0.25) is 6.08 Å². The summed E-state index contributed by atoms with van der Waals surface area (Å²) in [5.41, 5.74) is 0. The summed E-state index contributed by atoms with van der Waals surface area (Å²) in [6.07, 6.45) is 10.0. The number of rotatable bonds is 0. The second-order valence-electron chi connectivity index (χ2n) is 4.24. The Kier molecular flexibility index (Phi) is 17.2. The fourth-order valence-corrected chi connectivity index (χ4v) is 1.37. The molecule has 0 saturated heterocycles. The Labute approximate surface area is 161 Å². The zero-order valence-corrected chi connectivity index (χ0v) is 15.2. The first kappa shape index (κ1) is 21.9. The van der Waals surface area contributed by atoms with E-state index in [0.717, 1.165) is 6.42 Å². The molecule has 0 nitrogen and oxygen atoms in total. The van der Waals surface area contributed by atoms with Crippen LogP contribution in [0.1, 0.15) is 6.42 Å². The van der Waals surface area contributed by atoms with Crippen molar-refractivity contribution in [2.75, 3.05) is 0 Å². The molecule has 1 heteroatoms. The minimum absolute atomic E-state index is 0. The molecule has 0 radical (unpaired) electrons. The molecule has 3 aromatic rings. The molecule has 0 bridgehead atoms. The molecular weight excluding hydrogens is 324 g/mol. The van der Waals surface area contributed by atoms with Crippen LogP contribution in [-0.4, -0.2) is 0 Å². The topological polar surface area (TPSA) is 0 Å². The summed E-state index contributed by atoms with van der Waals surface area (Å²) in [6.45, 7) is 0. The van der Waals surface area contributed by atoms with Gasteiger partial charge in [0.15, 0.2) is 0 Å². The molecule has 0 saturated carbocycles. The minimum Gasteiger partial charge on any atom is -0.273 e. The van der Waals surface area contributed by atoms with Gasteiger partial charge in [0.25, 0.3) is 0 Å². The summed E-state index contributed by atoms with van der Waals surface area (Å²) >= 11 is 0. The van der Waals surface area contributed by atoms with Crippen LogP contribution in [0.3, 0.4) is 0 Å². The van der Waals surface area contributed by atoms with E-state index in [1.807, 2.05) is 103 Å². The van der Waals surface area contributed by atoms with E-state index >= 15 is 0 Å². The van der Waals surface area contributed by atoms with Crippen molar-refractivity contribution in [2.24, 2.45) is 0 Å². The maximum Gasteiger partial charge on any atom is 4.00 e. The Morgan fingerprint density at radius 2 is 0.875 bits per heavy atom. The van der Waals surface area contributed by atoms with E-state index in [9.17, 15) is 0 Å². The molecule has 0 aliphatic heterocycles. The van der Waals surface area contributed by atoms with Gasteiger partial charge in [-0.1, -0.05) is 0 Å². The van der Waals surface area contributed by atoms with E-state index in [4.69, 9.17) is 0 Å². The fraction of sp³-hybridized carbons (Fsp3) is 0.0435. The van der Waals surface area contributed by atoms with Crippen molar-refractivity contribution >= 4 is 0 Å². The van der Waals surface area contributed by atoms with Crippen molar-refractivity contribution in [2.45, 2.75) is 6.42 Å². The van der Waals surface area contributed by atoms with Crippen LogP contribution in [-0.2, 0) is 21.7 Å². The van der Waals surface area contributed by atoms with Crippen molar-refractivity contribution in [1.82, 2.24) is 0 Å². The van der Waals surface area contributed by atoms with Crippen molar-refractivity contribution in [1.29, 1.82) is 0 Å². The summed E-state index contributed by atoms with van der Waals surface area (Å²) in [5.74, 6) is 0. The molecule has 0 N–H and O–H groups in total. The van der Waals surface area contributed by atoms with Crippen LogP contribution in [0.25, 0.3) is 0 Å². The van der Waals surface area contributed by atoms with Crippen molar-refractivity contribution < 1.29 is 21.7 Å². The molecule has 0 aromatic heterocycles. The van der Waals surface area contributed by atoms with E-state index in [0.29, 0.717) is 0 Å². The molecule has 0 fully saturated rings. The molecular formula is C23H20Ti. The van der Waals surface area contributed by atoms with Gasteiger partial charge in [-0.2, -0.15) is 115 Å². The fourth-order valence-electron chi connectivity index (χ4n) is 1.37. The van der Waals surface area contributed by atoms with Gasteiger partial charge in [-0.25, -0.2) is 12.2 Å².